The van der Waals surface area contributed by atoms with Crippen LogP contribution in [0.25, 0.3) is 11.0 Å². The van der Waals surface area contributed by atoms with E-state index in [9.17, 15) is 4.79 Å². The summed E-state index contributed by atoms with van der Waals surface area (Å²) in [6.07, 6.45) is 0. The van der Waals surface area contributed by atoms with Crippen molar-refractivity contribution in [3.8, 4) is 5.88 Å². The number of carbonyl (C=O) groups is 1. The maximum absolute atomic E-state index is 11.4. The largest absolute Gasteiger partial charge is 0.479 e. The summed E-state index contributed by atoms with van der Waals surface area (Å²) < 4.78 is 6.72. The van der Waals surface area contributed by atoms with Crippen LogP contribution in [-0.4, -0.2) is 32.6 Å². The van der Waals surface area contributed by atoms with Gasteiger partial charge in [-0.05, 0) is 6.92 Å². The second-order valence-electron chi connectivity index (χ2n) is 3.51. The van der Waals surface area contributed by atoms with Gasteiger partial charge in [0, 0.05) is 14.0 Å². The van der Waals surface area contributed by atoms with E-state index in [0.717, 1.165) is 0 Å². The zero-order chi connectivity index (χ0) is 11.9. The van der Waals surface area contributed by atoms with Crippen LogP contribution in [-0.2, 0) is 7.05 Å². The number of ether oxygens (including phenoxy) is 1. The summed E-state index contributed by atoms with van der Waals surface area (Å²) in [5, 5.41) is 4.12. The fourth-order valence-electron chi connectivity index (χ4n) is 1.62. The van der Waals surface area contributed by atoms with Crippen molar-refractivity contribution >= 4 is 16.8 Å². The van der Waals surface area contributed by atoms with Gasteiger partial charge in [0.05, 0.1) is 7.11 Å². The summed E-state index contributed by atoms with van der Waals surface area (Å²) in [4.78, 5) is 19.8. The molecule has 0 aliphatic rings. The van der Waals surface area contributed by atoms with Crippen molar-refractivity contribution in [1.29, 1.82) is 0 Å². The molecule has 0 unspecified atom stereocenters. The van der Waals surface area contributed by atoms with Crippen LogP contribution in [0, 0.1) is 6.92 Å². The van der Waals surface area contributed by atoms with Crippen LogP contribution in [0.1, 0.15) is 23.2 Å². The maximum Gasteiger partial charge on any atom is 0.243 e. The fourth-order valence-corrected chi connectivity index (χ4v) is 1.62. The van der Waals surface area contributed by atoms with Gasteiger partial charge in [0.15, 0.2) is 11.5 Å². The molecular weight excluding hydrogens is 208 g/mol. The molecule has 0 amide bonds. The van der Waals surface area contributed by atoms with Crippen molar-refractivity contribution in [1.82, 2.24) is 19.7 Å². The van der Waals surface area contributed by atoms with Gasteiger partial charge in [-0.25, -0.2) is 4.98 Å². The summed E-state index contributed by atoms with van der Waals surface area (Å²) in [6.45, 7) is 3.21. The van der Waals surface area contributed by atoms with Gasteiger partial charge >= 0.3 is 0 Å². The Morgan fingerprint density at radius 3 is 2.62 bits per heavy atom. The number of aromatic nitrogens is 4. The third-order valence-corrected chi connectivity index (χ3v) is 2.29. The second kappa shape index (κ2) is 3.55. The molecule has 0 aromatic carbocycles. The molecule has 0 fully saturated rings. The Bertz CT molecular complexity index is 574. The number of nitrogens with zero attached hydrogens (tertiary/aromatic N) is 4. The van der Waals surface area contributed by atoms with E-state index in [1.807, 2.05) is 0 Å². The van der Waals surface area contributed by atoms with Gasteiger partial charge in [-0.3, -0.25) is 9.48 Å². The molecule has 6 heteroatoms. The molecule has 0 aliphatic carbocycles. The topological polar surface area (TPSA) is 69.9 Å². The molecule has 16 heavy (non-hydrogen) atoms. The third-order valence-electron chi connectivity index (χ3n) is 2.29. The molecule has 2 aromatic rings. The van der Waals surface area contributed by atoms with Crippen molar-refractivity contribution in [3.05, 3.63) is 11.5 Å². The molecule has 2 aromatic heterocycles. The van der Waals surface area contributed by atoms with E-state index < -0.39 is 0 Å². The summed E-state index contributed by atoms with van der Waals surface area (Å²) in [6, 6.07) is 0. The highest BCUT2D eigenvalue weighted by atomic mass is 16.5. The number of rotatable bonds is 2. The fraction of sp³-hybridized carbons (Fsp3) is 0.400. The van der Waals surface area contributed by atoms with E-state index >= 15 is 0 Å². The Labute approximate surface area is 92.3 Å². The molecule has 0 atom stereocenters. The number of hydrogen-bond acceptors (Lipinski definition) is 5. The quantitative estimate of drug-likeness (QED) is 0.703. The lowest BCUT2D eigenvalue weighted by atomic mass is 10.2. The first-order valence-corrected chi connectivity index (χ1v) is 4.81. The Morgan fingerprint density at radius 2 is 2.06 bits per heavy atom. The SMILES string of the molecule is COc1nc(C)nc2c(C(C)=O)nn(C)c12. The van der Waals surface area contributed by atoms with Gasteiger partial charge in [-0.15, -0.1) is 0 Å². The predicted octanol–water partition coefficient (Wildman–Crippen LogP) is 0.883. The highest BCUT2D eigenvalue weighted by Gasteiger charge is 2.18. The third kappa shape index (κ3) is 1.42. The number of Topliss-reactive ketones (excluding diaryl/α,β-unsaturated/α-hetero) is 1. The molecule has 0 spiro atoms. The van der Waals surface area contributed by atoms with Crippen LogP contribution < -0.4 is 4.74 Å². The first-order valence-electron chi connectivity index (χ1n) is 4.81. The average Bonchev–Trinajstić information content (AvgIpc) is 2.55. The summed E-state index contributed by atoms with van der Waals surface area (Å²) in [7, 11) is 3.26. The van der Waals surface area contributed by atoms with E-state index in [1.54, 1.807) is 18.7 Å². The highest BCUT2D eigenvalue weighted by Crippen LogP contribution is 2.24. The van der Waals surface area contributed by atoms with E-state index in [4.69, 9.17) is 4.74 Å². The first kappa shape index (κ1) is 10.5. The molecule has 0 aliphatic heterocycles. The Morgan fingerprint density at radius 1 is 1.38 bits per heavy atom. The van der Waals surface area contributed by atoms with Gasteiger partial charge in [0.2, 0.25) is 5.88 Å². The van der Waals surface area contributed by atoms with Crippen LogP contribution in [0.4, 0.5) is 0 Å². The summed E-state index contributed by atoms with van der Waals surface area (Å²) >= 11 is 0. The van der Waals surface area contributed by atoms with Crippen molar-refractivity contribution in [3.63, 3.8) is 0 Å². The number of hydrogen-bond donors (Lipinski definition) is 0. The van der Waals surface area contributed by atoms with E-state index in [-0.39, 0.29) is 5.78 Å². The lowest BCUT2D eigenvalue weighted by Crippen LogP contribution is -1.98. The second-order valence-corrected chi connectivity index (χ2v) is 3.51. The van der Waals surface area contributed by atoms with Gasteiger partial charge in [-0.2, -0.15) is 10.1 Å². The minimum Gasteiger partial charge on any atom is -0.479 e. The van der Waals surface area contributed by atoms with Crippen LogP contribution in [0.15, 0.2) is 0 Å². The smallest absolute Gasteiger partial charge is 0.243 e. The van der Waals surface area contributed by atoms with Gasteiger partial charge < -0.3 is 4.74 Å². The Balaban J connectivity index is 2.90. The number of carbonyl (C=O) groups excluding carboxylic acids is 1. The molecule has 0 saturated heterocycles. The number of ketones is 1. The number of aryl methyl sites for hydroxylation is 2. The summed E-state index contributed by atoms with van der Waals surface area (Å²) in [5.41, 5.74) is 1.53. The normalized spacial score (nSPS) is 10.8. The lowest BCUT2D eigenvalue weighted by molar-refractivity contribution is 0.101. The molecule has 0 saturated carbocycles. The molecule has 2 heterocycles. The zero-order valence-corrected chi connectivity index (χ0v) is 9.61. The predicted molar refractivity (Wildman–Crippen MR) is 57.6 cm³/mol. The summed E-state index contributed by atoms with van der Waals surface area (Å²) in [5.74, 6) is 0.871. The van der Waals surface area contributed by atoms with Crippen LogP contribution in [0.3, 0.4) is 0 Å². The van der Waals surface area contributed by atoms with E-state index in [0.29, 0.717) is 28.4 Å². The molecule has 84 valence electrons. The molecule has 6 nitrogen and oxygen atoms in total. The molecule has 0 N–H and O–H groups in total. The van der Waals surface area contributed by atoms with Crippen molar-refractivity contribution in [2.75, 3.05) is 7.11 Å². The van der Waals surface area contributed by atoms with Gasteiger partial charge in [-0.1, -0.05) is 0 Å². The molecule has 0 bridgehead atoms. The Hall–Kier alpha value is -1.98. The van der Waals surface area contributed by atoms with Crippen LogP contribution >= 0.6 is 0 Å². The number of methoxy groups -OCH3 is 1. The van der Waals surface area contributed by atoms with Gasteiger partial charge in [0.25, 0.3) is 0 Å². The standard InChI is InChI=1S/C10H12N4O2/c1-5(15)7-8-9(14(3)13-7)10(16-4)12-6(2)11-8/h1-4H3. The molecule has 0 radical (unpaired) electrons. The average molecular weight is 220 g/mol. The lowest BCUT2D eigenvalue weighted by Gasteiger charge is -2.02. The minimum atomic E-state index is -0.120. The van der Waals surface area contributed by atoms with E-state index in [2.05, 4.69) is 15.1 Å². The van der Waals surface area contributed by atoms with Crippen molar-refractivity contribution in [2.24, 2.45) is 7.05 Å². The van der Waals surface area contributed by atoms with E-state index in [1.165, 1.54) is 14.0 Å². The van der Waals surface area contributed by atoms with Crippen LogP contribution in [0.2, 0.25) is 0 Å². The number of fused-ring (bicyclic) bond motifs is 1. The molecular formula is C10H12N4O2. The Kier molecular flexibility index (Phi) is 2.34. The van der Waals surface area contributed by atoms with Crippen molar-refractivity contribution < 1.29 is 9.53 Å². The zero-order valence-electron chi connectivity index (χ0n) is 9.61. The first-order chi connectivity index (χ1) is 7.54. The maximum atomic E-state index is 11.4. The monoisotopic (exact) mass is 220 g/mol. The van der Waals surface area contributed by atoms with Crippen molar-refractivity contribution in [2.45, 2.75) is 13.8 Å². The van der Waals surface area contributed by atoms with Crippen LogP contribution in [0.5, 0.6) is 5.88 Å². The van der Waals surface area contributed by atoms with Gasteiger partial charge in [0.1, 0.15) is 16.9 Å². The minimum absolute atomic E-state index is 0.120. The molecule has 2 rings (SSSR count). The highest BCUT2D eigenvalue weighted by molar-refractivity contribution is 6.04.